The molecule has 1 fully saturated rings. The van der Waals surface area contributed by atoms with E-state index < -0.39 is 21.7 Å². The van der Waals surface area contributed by atoms with E-state index in [1.165, 1.54) is 0 Å². The van der Waals surface area contributed by atoms with Crippen LogP contribution in [0.4, 0.5) is 0 Å². The van der Waals surface area contributed by atoms with E-state index in [0.717, 1.165) is 0 Å². The molecule has 11 heavy (non-hydrogen) atoms. The van der Waals surface area contributed by atoms with Gasteiger partial charge in [0.1, 0.15) is 0 Å². The summed E-state index contributed by atoms with van der Waals surface area (Å²) >= 11 is 0. The predicted molar refractivity (Wildman–Crippen MR) is 33.8 cm³/mol. The average Bonchev–Trinajstić information content (AvgIpc) is 2.33. The molecule has 0 radical (unpaired) electrons. The van der Waals surface area contributed by atoms with Crippen LogP contribution in [0.15, 0.2) is 0 Å². The second kappa shape index (κ2) is 4.23. The standard InChI is InChI=1S/C2H5O4P.HO3P/c3-7(4,5)2-1-6-2;1-4(2)3/h2H,1H2,(H2,3,4,5);(H-,1,2,3)/p+1. The molecule has 0 saturated carbocycles. The van der Waals surface area contributed by atoms with Gasteiger partial charge in [0.25, 0.3) is 0 Å². The van der Waals surface area contributed by atoms with Gasteiger partial charge in [-0.2, -0.15) is 0 Å². The summed E-state index contributed by atoms with van der Waals surface area (Å²) < 4.78 is 23.0. The van der Waals surface area contributed by atoms with Crippen LogP contribution in [0, 0.1) is 0 Å². The van der Waals surface area contributed by atoms with Crippen molar-refractivity contribution in [3.63, 3.8) is 0 Å². The summed E-state index contributed by atoms with van der Waals surface area (Å²) in [5.41, 5.74) is 0. The maximum absolute atomic E-state index is 9.96. The highest BCUT2D eigenvalue weighted by atomic mass is 31.2. The van der Waals surface area contributed by atoms with Crippen molar-refractivity contribution in [1.82, 2.24) is 0 Å². The highest BCUT2D eigenvalue weighted by Gasteiger charge is 2.40. The Bertz CT molecular complexity index is 175. The van der Waals surface area contributed by atoms with Gasteiger partial charge < -0.3 is 14.5 Å². The van der Waals surface area contributed by atoms with Crippen molar-refractivity contribution in [2.24, 2.45) is 0 Å². The molecular formula is C2H7O7P2+. The van der Waals surface area contributed by atoms with E-state index in [9.17, 15) is 4.57 Å². The molecular weight excluding hydrogens is 198 g/mol. The van der Waals surface area contributed by atoms with Crippen LogP contribution in [0.5, 0.6) is 0 Å². The van der Waals surface area contributed by atoms with Gasteiger partial charge in [0.2, 0.25) is 0 Å². The molecule has 66 valence electrons. The monoisotopic (exact) mass is 205 g/mol. The van der Waals surface area contributed by atoms with Crippen molar-refractivity contribution in [2.75, 3.05) is 6.61 Å². The minimum atomic E-state index is -3.85. The van der Waals surface area contributed by atoms with Gasteiger partial charge in [0, 0.05) is 4.57 Å². The fourth-order valence-corrected chi connectivity index (χ4v) is 0.712. The molecule has 1 atom stereocenters. The molecule has 0 aliphatic carbocycles. The van der Waals surface area contributed by atoms with Crippen LogP contribution >= 0.6 is 15.9 Å². The van der Waals surface area contributed by atoms with Gasteiger partial charge in [-0.3, -0.25) is 4.57 Å². The van der Waals surface area contributed by atoms with Crippen LogP contribution in [-0.2, 0) is 13.9 Å². The number of epoxide rings is 1. The van der Waals surface area contributed by atoms with E-state index in [2.05, 4.69) is 4.74 Å². The summed E-state index contributed by atoms with van der Waals surface area (Å²) in [6, 6.07) is 0. The molecule has 0 aromatic rings. The summed E-state index contributed by atoms with van der Waals surface area (Å²) in [7, 11) is -6.72. The zero-order chi connectivity index (χ0) is 9.07. The number of rotatable bonds is 1. The Morgan fingerprint density at radius 2 is 1.73 bits per heavy atom. The van der Waals surface area contributed by atoms with Crippen LogP contribution < -0.4 is 0 Å². The quantitative estimate of drug-likeness (QED) is 0.324. The topological polar surface area (TPSA) is 128 Å². The first-order valence-corrected chi connectivity index (χ1v) is 5.20. The van der Waals surface area contributed by atoms with E-state index in [1.807, 2.05) is 0 Å². The number of hydrogen-bond acceptors (Lipinski definition) is 3. The van der Waals surface area contributed by atoms with Crippen LogP contribution in [0.25, 0.3) is 0 Å². The van der Waals surface area contributed by atoms with Crippen LogP contribution in [0.2, 0.25) is 0 Å². The summed E-state index contributed by atoms with van der Waals surface area (Å²) in [4.78, 5) is 30.5. The van der Waals surface area contributed by atoms with Crippen molar-refractivity contribution in [3.05, 3.63) is 0 Å². The summed E-state index contributed by atoms with van der Waals surface area (Å²) in [5.74, 6) is -0.785. The molecule has 1 aliphatic heterocycles. The Morgan fingerprint density at radius 3 is 1.73 bits per heavy atom. The minimum absolute atomic E-state index is 0.213. The van der Waals surface area contributed by atoms with Gasteiger partial charge in [-0.1, -0.05) is 0 Å². The minimum Gasteiger partial charge on any atom is -0.360 e. The van der Waals surface area contributed by atoms with Gasteiger partial charge in [-0.25, -0.2) is 0 Å². The van der Waals surface area contributed by atoms with Gasteiger partial charge in [-0.15, -0.1) is 9.79 Å². The van der Waals surface area contributed by atoms with Crippen molar-refractivity contribution in [1.29, 1.82) is 0 Å². The van der Waals surface area contributed by atoms with Crippen LogP contribution in [0.3, 0.4) is 0 Å². The first-order chi connectivity index (χ1) is 4.84. The van der Waals surface area contributed by atoms with E-state index >= 15 is 0 Å². The average molecular weight is 205 g/mol. The molecule has 0 amide bonds. The molecule has 1 heterocycles. The second-order valence-corrected chi connectivity index (χ2v) is 3.89. The molecule has 1 saturated heterocycles. The van der Waals surface area contributed by atoms with Crippen molar-refractivity contribution >= 4 is 15.9 Å². The Morgan fingerprint density at radius 1 is 1.45 bits per heavy atom. The number of ether oxygens (including phenoxy) is 1. The third-order valence-corrected chi connectivity index (χ3v) is 1.74. The molecule has 0 aromatic carbocycles. The lowest BCUT2D eigenvalue weighted by molar-refractivity contribution is 0.338. The lowest BCUT2D eigenvalue weighted by Gasteiger charge is -1.92. The smallest absolute Gasteiger partial charge is 0.360 e. The molecule has 9 heteroatoms. The second-order valence-electron chi connectivity index (χ2n) is 1.63. The molecule has 7 nitrogen and oxygen atoms in total. The lowest BCUT2D eigenvalue weighted by Crippen LogP contribution is -1.84. The Labute approximate surface area is 62.7 Å². The number of hydrogen-bond donors (Lipinski definition) is 4. The molecule has 0 spiro atoms. The normalized spacial score (nSPS) is 21.6. The fraction of sp³-hybridized carbons (Fsp3) is 1.00. The van der Waals surface area contributed by atoms with E-state index in [4.69, 9.17) is 24.1 Å². The van der Waals surface area contributed by atoms with Crippen LogP contribution in [0.1, 0.15) is 0 Å². The highest BCUT2D eigenvalue weighted by molar-refractivity contribution is 7.52. The lowest BCUT2D eigenvalue weighted by atomic mass is 11.0. The summed E-state index contributed by atoms with van der Waals surface area (Å²) in [6.07, 6.45) is 0. The Balaban J connectivity index is 0.000000218. The predicted octanol–water partition coefficient (Wildman–Crippen LogP) is -0.851. The van der Waals surface area contributed by atoms with E-state index in [1.54, 1.807) is 0 Å². The maximum atomic E-state index is 9.96. The largest absolute Gasteiger partial charge is 0.692 e. The van der Waals surface area contributed by atoms with Crippen molar-refractivity contribution in [3.8, 4) is 0 Å². The Kier molecular flexibility index (Phi) is 4.28. The Hall–Kier alpha value is 0.130. The summed E-state index contributed by atoms with van der Waals surface area (Å²) in [6.45, 7) is 0.213. The van der Waals surface area contributed by atoms with E-state index in [-0.39, 0.29) is 6.61 Å². The third-order valence-electron chi connectivity index (χ3n) is 0.691. The zero-order valence-electron chi connectivity index (χ0n) is 5.19. The fourth-order valence-electron chi connectivity index (χ4n) is 0.237. The molecule has 1 unspecified atom stereocenters. The van der Waals surface area contributed by atoms with Crippen molar-refractivity contribution < 1.29 is 33.4 Å². The first kappa shape index (κ1) is 11.1. The van der Waals surface area contributed by atoms with E-state index in [0.29, 0.717) is 0 Å². The zero-order valence-corrected chi connectivity index (χ0v) is 6.98. The van der Waals surface area contributed by atoms with Gasteiger partial charge in [-0.05, 0) is 0 Å². The molecule has 1 aliphatic rings. The van der Waals surface area contributed by atoms with Gasteiger partial charge >= 0.3 is 15.9 Å². The van der Waals surface area contributed by atoms with Crippen molar-refractivity contribution in [2.45, 2.75) is 5.85 Å². The van der Waals surface area contributed by atoms with Gasteiger partial charge in [0.05, 0.1) is 6.61 Å². The summed E-state index contributed by atoms with van der Waals surface area (Å²) in [5, 5.41) is 0. The SMILES string of the molecule is O=P(O)(O)C1CO1.O=[P+](O)O. The van der Waals surface area contributed by atoms with Crippen LogP contribution in [-0.4, -0.2) is 32.0 Å². The maximum Gasteiger partial charge on any atom is 0.692 e. The third kappa shape index (κ3) is 8.03. The molecule has 0 bridgehead atoms. The molecule has 4 N–H and O–H groups in total. The highest BCUT2D eigenvalue weighted by Crippen LogP contribution is 2.48. The first-order valence-electron chi connectivity index (χ1n) is 2.36. The molecule has 0 aromatic heterocycles. The molecule has 1 rings (SSSR count). The van der Waals surface area contributed by atoms with Gasteiger partial charge in [0.15, 0.2) is 5.85 Å².